The Bertz CT molecular complexity index is 911. The van der Waals surface area contributed by atoms with Crippen LogP contribution < -0.4 is 5.11 Å². The number of hydrogen-bond acceptors (Lipinski definition) is 4. The fourth-order valence-electron chi connectivity index (χ4n) is 2.36. The van der Waals surface area contributed by atoms with Gasteiger partial charge < -0.3 is 14.9 Å². The average Bonchev–Trinajstić information content (AvgIpc) is 2.91. The first-order valence-corrected chi connectivity index (χ1v) is 8.84. The highest BCUT2D eigenvalue weighted by molar-refractivity contribution is 8.00. The van der Waals surface area contributed by atoms with Crippen LogP contribution in [0.4, 0.5) is 0 Å². The molecule has 0 aliphatic carbocycles. The second-order valence-corrected chi connectivity index (χ2v) is 7.46. The molecule has 0 spiro atoms. The molecule has 0 aliphatic rings. The molecule has 7 heteroatoms. The number of carboxylic acids is 1. The lowest BCUT2D eigenvalue weighted by Crippen LogP contribution is -2.35. The summed E-state index contributed by atoms with van der Waals surface area (Å²) in [6.45, 7) is 1.98. The molecule has 2 aromatic carbocycles. The minimum absolute atomic E-state index is 0.197. The molecule has 3 rings (SSSR count). The average molecular weight is 380 g/mol. The van der Waals surface area contributed by atoms with E-state index >= 15 is 0 Å². The van der Waals surface area contributed by atoms with E-state index in [0.29, 0.717) is 20.8 Å². The molecule has 0 saturated carbocycles. The van der Waals surface area contributed by atoms with Gasteiger partial charge in [-0.15, -0.1) is 0 Å². The zero-order chi connectivity index (χ0) is 17.3. The molecule has 0 bridgehead atoms. The first kappa shape index (κ1) is 17.1. The molecular formula is C17H13Cl2N2O2S-. The molecule has 1 atom stereocenters. The summed E-state index contributed by atoms with van der Waals surface area (Å²) >= 11 is 13.2. The third-order valence-electron chi connectivity index (χ3n) is 3.55. The first-order chi connectivity index (χ1) is 11.4. The minimum Gasteiger partial charge on any atom is -0.549 e. The van der Waals surface area contributed by atoms with Crippen LogP contribution in [0.15, 0.2) is 41.6 Å². The number of halogens is 2. The third kappa shape index (κ3) is 3.86. The van der Waals surface area contributed by atoms with Gasteiger partial charge in [-0.25, -0.2) is 4.98 Å². The normalized spacial score (nSPS) is 12.5. The number of nitrogens with one attached hydrogen (secondary N) is 1. The summed E-state index contributed by atoms with van der Waals surface area (Å²) < 4.78 is 0. The number of carbonyl (C=O) groups excluding carboxylic acids is 1. The highest BCUT2D eigenvalue weighted by atomic mass is 35.5. The lowest BCUT2D eigenvalue weighted by atomic mass is 10.1. The number of carbonyl (C=O) groups is 1. The molecule has 124 valence electrons. The zero-order valence-electron chi connectivity index (χ0n) is 12.7. The van der Waals surface area contributed by atoms with E-state index in [1.165, 1.54) is 0 Å². The van der Waals surface area contributed by atoms with Crippen molar-refractivity contribution in [3.8, 4) is 0 Å². The number of thioether (sulfide) groups is 1. The van der Waals surface area contributed by atoms with Crippen LogP contribution in [0.1, 0.15) is 11.1 Å². The molecule has 3 aromatic rings. The molecule has 0 amide bonds. The van der Waals surface area contributed by atoms with E-state index in [2.05, 4.69) is 9.97 Å². The van der Waals surface area contributed by atoms with E-state index < -0.39 is 11.2 Å². The third-order valence-corrected chi connectivity index (χ3v) is 5.21. The van der Waals surface area contributed by atoms with Gasteiger partial charge in [0.2, 0.25) is 0 Å². The lowest BCUT2D eigenvalue weighted by molar-refractivity contribution is -0.304. The van der Waals surface area contributed by atoms with Crippen molar-refractivity contribution >= 4 is 52.0 Å². The van der Waals surface area contributed by atoms with E-state index in [9.17, 15) is 9.90 Å². The van der Waals surface area contributed by atoms with Crippen molar-refractivity contribution in [1.82, 2.24) is 9.97 Å². The van der Waals surface area contributed by atoms with Gasteiger partial charge in [-0.2, -0.15) is 0 Å². The van der Waals surface area contributed by atoms with Gasteiger partial charge in [-0.05, 0) is 54.8 Å². The molecule has 1 aromatic heterocycles. The molecule has 1 heterocycles. The monoisotopic (exact) mass is 379 g/mol. The van der Waals surface area contributed by atoms with Gasteiger partial charge in [0.1, 0.15) is 0 Å². The summed E-state index contributed by atoms with van der Waals surface area (Å²) in [5.74, 6) is -1.17. The van der Waals surface area contributed by atoms with Crippen molar-refractivity contribution in [3.05, 3.63) is 57.6 Å². The highest BCUT2D eigenvalue weighted by Gasteiger charge is 2.17. The maximum absolute atomic E-state index is 11.5. The number of aromatic amines is 1. The summed E-state index contributed by atoms with van der Waals surface area (Å²) in [5, 5.41) is 12.2. The van der Waals surface area contributed by atoms with Crippen LogP contribution in [-0.4, -0.2) is 21.2 Å². The number of H-pyrrole nitrogens is 1. The smallest absolute Gasteiger partial charge is 0.167 e. The zero-order valence-corrected chi connectivity index (χ0v) is 15.0. The Morgan fingerprint density at radius 3 is 2.83 bits per heavy atom. The van der Waals surface area contributed by atoms with Crippen molar-refractivity contribution in [2.45, 2.75) is 23.8 Å². The van der Waals surface area contributed by atoms with Gasteiger partial charge in [0.05, 0.1) is 22.3 Å². The van der Waals surface area contributed by atoms with Crippen LogP contribution >= 0.6 is 35.0 Å². The quantitative estimate of drug-likeness (QED) is 0.687. The number of benzene rings is 2. The number of rotatable bonds is 5. The first-order valence-electron chi connectivity index (χ1n) is 7.20. The molecule has 24 heavy (non-hydrogen) atoms. The second-order valence-electron chi connectivity index (χ2n) is 5.43. The molecule has 0 saturated heterocycles. The van der Waals surface area contributed by atoms with Crippen molar-refractivity contribution in [1.29, 1.82) is 0 Å². The largest absolute Gasteiger partial charge is 0.549 e. The summed E-state index contributed by atoms with van der Waals surface area (Å²) in [6.07, 6.45) is 0.197. The van der Waals surface area contributed by atoms with Gasteiger partial charge >= 0.3 is 0 Å². The Morgan fingerprint density at radius 1 is 1.29 bits per heavy atom. The van der Waals surface area contributed by atoms with Crippen molar-refractivity contribution in [2.24, 2.45) is 0 Å². The van der Waals surface area contributed by atoms with Crippen LogP contribution in [0, 0.1) is 6.92 Å². The second kappa shape index (κ2) is 7.05. The molecule has 1 unspecified atom stereocenters. The Kier molecular flexibility index (Phi) is 5.04. The number of nitrogens with zero attached hydrogens (tertiary/aromatic N) is 1. The Labute approximate surface area is 153 Å². The summed E-state index contributed by atoms with van der Waals surface area (Å²) in [4.78, 5) is 19.1. The SMILES string of the molecule is Cc1ccc2nc(SC(Cc3cc(Cl)ccc3Cl)C(=O)[O-])[nH]c2c1. The summed E-state index contributed by atoms with van der Waals surface area (Å²) in [6, 6.07) is 10.8. The number of aryl methyl sites for hydroxylation is 1. The van der Waals surface area contributed by atoms with Crippen molar-refractivity contribution < 1.29 is 9.90 Å². The minimum atomic E-state index is -1.17. The van der Waals surface area contributed by atoms with Crippen LogP contribution in [0.25, 0.3) is 11.0 Å². The van der Waals surface area contributed by atoms with Gasteiger partial charge in [0, 0.05) is 10.0 Å². The summed E-state index contributed by atoms with van der Waals surface area (Å²) in [7, 11) is 0. The fraction of sp³-hybridized carbons (Fsp3) is 0.176. The van der Waals surface area contributed by atoms with E-state index in [4.69, 9.17) is 23.2 Å². The van der Waals surface area contributed by atoms with Crippen LogP contribution in [0.5, 0.6) is 0 Å². The van der Waals surface area contributed by atoms with Crippen LogP contribution in [0.3, 0.4) is 0 Å². The van der Waals surface area contributed by atoms with E-state index in [0.717, 1.165) is 28.4 Å². The van der Waals surface area contributed by atoms with E-state index in [-0.39, 0.29) is 6.42 Å². The topological polar surface area (TPSA) is 68.8 Å². The molecule has 0 fully saturated rings. The van der Waals surface area contributed by atoms with E-state index in [1.54, 1.807) is 18.2 Å². The number of carboxylic acid groups (broad SMARTS) is 1. The number of imidazole rings is 1. The fourth-order valence-corrected chi connectivity index (χ4v) is 3.70. The molecule has 0 radical (unpaired) electrons. The lowest BCUT2D eigenvalue weighted by Gasteiger charge is -2.17. The van der Waals surface area contributed by atoms with E-state index in [1.807, 2.05) is 25.1 Å². The Morgan fingerprint density at radius 2 is 2.08 bits per heavy atom. The highest BCUT2D eigenvalue weighted by Crippen LogP contribution is 2.29. The summed E-state index contributed by atoms with van der Waals surface area (Å²) in [5.41, 5.74) is 3.43. The van der Waals surface area contributed by atoms with Gasteiger partial charge in [-0.1, -0.05) is 41.0 Å². The van der Waals surface area contributed by atoms with Gasteiger partial charge in [0.25, 0.3) is 0 Å². The maximum atomic E-state index is 11.5. The Balaban J connectivity index is 1.85. The molecular weight excluding hydrogens is 367 g/mol. The molecule has 4 nitrogen and oxygen atoms in total. The molecule has 1 N–H and O–H groups in total. The number of aromatic nitrogens is 2. The predicted octanol–water partition coefficient (Wildman–Crippen LogP) is 3.63. The number of fused-ring (bicyclic) bond motifs is 1. The number of hydrogen-bond donors (Lipinski definition) is 1. The molecule has 0 aliphatic heterocycles. The predicted molar refractivity (Wildman–Crippen MR) is 95.6 cm³/mol. The van der Waals surface area contributed by atoms with Gasteiger partial charge in [-0.3, -0.25) is 0 Å². The van der Waals surface area contributed by atoms with Crippen LogP contribution in [0.2, 0.25) is 10.0 Å². The maximum Gasteiger partial charge on any atom is 0.167 e. The Hall–Kier alpha value is -1.69. The van der Waals surface area contributed by atoms with Crippen molar-refractivity contribution in [2.75, 3.05) is 0 Å². The van der Waals surface area contributed by atoms with Crippen LogP contribution in [-0.2, 0) is 11.2 Å². The standard InChI is InChI=1S/C17H14Cl2N2O2S/c1-9-2-5-13-14(6-9)21-17(20-13)24-15(16(22)23)8-10-7-11(18)3-4-12(10)19/h2-7,15H,8H2,1H3,(H,20,21)(H,22,23)/p-1. The number of aliphatic carboxylic acids is 1. The van der Waals surface area contributed by atoms with Gasteiger partial charge in [0.15, 0.2) is 5.16 Å². The van der Waals surface area contributed by atoms with Crippen molar-refractivity contribution in [3.63, 3.8) is 0 Å².